The molecule has 27 heavy (non-hydrogen) atoms. The van der Waals surface area contributed by atoms with Gasteiger partial charge in [0, 0.05) is 25.7 Å². The van der Waals surface area contributed by atoms with E-state index >= 15 is 0 Å². The molecule has 0 aromatic heterocycles. The Labute approximate surface area is 162 Å². The van der Waals surface area contributed by atoms with E-state index < -0.39 is 0 Å². The van der Waals surface area contributed by atoms with E-state index in [1.165, 1.54) is 0 Å². The van der Waals surface area contributed by atoms with Crippen LogP contribution in [0, 0.1) is 6.92 Å². The van der Waals surface area contributed by atoms with E-state index in [0.717, 1.165) is 49.0 Å². The first-order valence-electron chi connectivity index (χ1n) is 10.1. The Morgan fingerprint density at radius 1 is 1.22 bits per heavy atom. The molecule has 0 aliphatic carbocycles. The molecular weight excluding hydrogens is 342 g/mol. The highest BCUT2D eigenvalue weighted by Gasteiger charge is 2.36. The van der Waals surface area contributed by atoms with Gasteiger partial charge < -0.3 is 19.4 Å². The van der Waals surface area contributed by atoms with E-state index in [1.807, 2.05) is 24.8 Å². The Kier molecular flexibility index (Phi) is 6.24. The summed E-state index contributed by atoms with van der Waals surface area (Å²) in [5.74, 6) is 0.121. The van der Waals surface area contributed by atoms with Crippen molar-refractivity contribution in [3.8, 4) is 0 Å². The van der Waals surface area contributed by atoms with E-state index in [4.69, 9.17) is 4.74 Å². The number of piperidine rings is 1. The van der Waals surface area contributed by atoms with Gasteiger partial charge in [-0.1, -0.05) is 25.0 Å². The summed E-state index contributed by atoms with van der Waals surface area (Å²) in [6.45, 7) is 9.31. The zero-order chi connectivity index (χ0) is 19.4. The summed E-state index contributed by atoms with van der Waals surface area (Å²) in [6, 6.07) is 6.34. The summed E-state index contributed by atoms with van der Waals surface area (Å²) in [7, 11) is 0. The molecule has 3 rings (SSSR count). The number of ether oxygens (including phenoxy) is 1. The maximum Gasteiger partial charge on any atom is 0.409 e. The third kappa shape index (κ3) is 4.20. The number of carbonyl (C=O) groups excluding carboxylic acids is 2. The minimum Gasteiger partial charge on any atom is -0.450 e. The molecule has 2 heterocycles. The first-order valence-corrected chi connectivity index (χ1v) is 10.1. The molecule has 0 bridgehead atoms. The first kappa shape index (κ1) is 19.5. The average Bonchev–Trinajstić information content (AvgIpc) is 2.68. The van der Waals surface area contributed by atoms with Crippen LogP contribution in [0.3, 0.4) is 0 Å². The fourth-order valence-electron chi connectivity index (χ4n) is 3.97. The molecule has 0 N–H and O–H groups in total. The largest absolute Gasteiger partial charge is 0.450 e. The maximum absolute atomic E-state index is 13.2. The van der Waals surface area contributed by atoms with Crippen LogP contribution >= 0.6 is 0 Å². The van der Waals surface area contributed by atoms with Crippen LogP contribution in [0.4, 0.5) is 10.5 Å². The predicted molar refractivity (Wildman–Crippen MR) is 106 cm³/mol. The van der Waals surface area contributed by atoms with Crippen LogP contribution in [-0.2, 0) is 4.74 Å². The number of benzene rings is 1. The lowest BCUT2D eigenvalue weighted by Gasteiger charge is -2.44. The Morgan fingerprint density at radius 2 is 1.96 bits per heavy atom. The van der Waals surface area contributed by atoms with Gasteiger partial charge in [0.1, 0.15) is 0 Å². The Bertz CT molecular complexity index is 683. The van der Waals surface area contributed by atoms with Gasteiger partial charge in [-0.3, -0.25) is 4.79 Å². The quantitative estimate of drug-likeness (QED) is 0.791. The van der Waals surface area contributed by atoms with E-state index in [2.05, 4.69) is 24.0 Å². The molecule has 1 aromatic rings. The van der Waals surface area contributed by atoms with Gasteiger partial charge in [-0.15, -0.1) is 0 Å². The molecule has 1 saturated heterocycles. The third-order valence-electron chi connectivity index (χ3n) is 5.52. The highest BCUT2D eigenvalue weighted by atomic mass is 16.6. The number of nitrogens with zero attached hydrogens (tertiary/aromatic N) is 3. The second kappa shape index (κ2) is 8.63. The second-order valence-electron chi connectivity index (χ2n) is 7.47. The fraction of sp³-hybridized carbons (Fsp3) is 0.619. The van der Waals surface area contributed by atoms with Crippen molar-refractivity contribution in [3.05, 3.63) is 29.3 Å². The van der Waals surface area contributed by atoms with Crippen molar-refractivity contribution in [1.29, 1.82) is 0 Å². The summed E-state index contributed by atoms with van der Waals surface area (Å²) >= 11 is 0. The molecule has 0 atom stereocenters. The Balaban J connectivity index is 1.74. The number of unbranched alkanes of at least 4 members (excludes halogenated alkanes) is 1. The third-order valence-corrected chi connectivity index (χ3v) is 5.52. The van der Waals surface area contributed by atoms with Crippen LogP contribution < -0.4 is 4.90 Å². The molecule has 2 aliphatic heterocycles. The average molecular weight is 373 g/mol. The number of carbonyl (C=O) groups is 2. The number of hydrogen-bond donors (Lipinski definition) is 0. The van der Waals surface area contributed by atoms with Crippen molar-refractivity contribution in [3.63, 3.8) is 0 Å². The fourth-order valence-corrected chi connectivity index (χ4v) is 3.97. The minimum atomic E-state index is -0.244. The van der Waals surface area contributed by atoms with Crippen LogP contribution in [-0.4, -0.2) is 60.8 Å². The number of anilines is 1. The normalized spacial score (nSPS) is 17.9. The lowest BCUT2D eigenvalue weighted by atomic mass is 9.99. The SMILES string of the molecule is CCCCN1CN(C2CCN(C(=O)OCC)CC2)C(=O)c2cc(C)ccc21. The molecule has 0 spiro atoms. The molecule has 1 fully saturated rings. The van der Waals surface area contributed by atoms with Gasteiger partial charge in [-0.25, -0.2) is 4.79 Å². The molecule has 6 heteroatoms. The molecule has 1 aromatic carbocycles. The van der Waals surface area contributed by atoms with Crippen molar-refractivity contribution in [2.75, 3.05) is 37.8 Å². The summed E-state index contributed by atoms with van der Waals surface area (Å²) in [4.78, 5) is 31.2. The van der Waals surface area contributed by atoms with Crippen molar-refractivity contribution in [2.45, 2.75) is 52.5 Å². The first-order chi connectivity index (χ1) is 13.0. The van der Waals surface area contributed by atoms with Gasteiger partial charge in [0.2, 0.25) is 0 Å². The number of rotatable bonds is 5. The topological polar surface area (TPSA) is 53.1 Å². The predicted octanol–water partition coefficient (Wildman–Crippen LogP) is 3.64. The van der Waals surface area contributed by atoms with Crippen LogP contribution in [0.5, 0.6) is 0 Å². The van der Waals surface area contributed by atoms with E-state index in [1.54, 1.807) is 4.90 Å². The number of hydrogen-bond acceptors (Lipinski definition) is 4. The van der Waals surface area contributed by atoms with Crippen LogP contribution in [0.15, 0.2) is 18.2 Å². The van der Waals surface area contributed by atoms with Gasteiger partial charge in [0.25, 0.3) is 5.91 Å². The van der Waals surface area contributed by atoms with Gasteiger partial charge >= 0.3 is 6.09 Å². The highest BCUT2D eigenvalue weighted by Crippen LogP contribution is 2.31. The summed E-state index contributed by atoms with van der Waals surface area (Å²) in [5.41, 5.74) is 2.97. The lowest BCUT2D eigenvalue weighted by molar-refractivity contribution is 0.0521. The Hall–Kier alpha value is -2.24. The van der Waals surface area contributed by atoms with Crippen LogP contribution in [0.2, 0.25) is 0 Å². The molecule has 148 valence electrons. The van der Waals surface area contributed by atoms with Gasteiger partial charge in [0.05, 0.1) is 24.5 Å². The van der Waals surface area contributed by atoms with Gasteiger partial charge in [0.15, 0.2) is 0 Å². The summed E-state index contributed by atoms with van der Waals surface area (Å²) in [6.07, 6.45) is 3.59. The van der Waals surface area contributed by atoms with E-state index in [9.17, 15) is 9.59 Å². The number of fused-ring (bicyclic) bond motifs is 1. The number of aryl methyl sites for hydroxylation is 1. The van der Waals surface area contributed by atoms with Gasteiger partial charge in [-0.05, 0) is 45.2 Å². The van der Waals surface area contributed by atoms with Crippen LogP contribution in [0.1, 0.15) is 55.5 Å². The van der Waals surface area contributed by atoms with Crippen molar-refractivity contribution < 1.29 is 14.3 Å². The van der Waals surface area contributed by atoms with Crippen molar-refractivity contribution in [1.82, 2.24) is 9.80 Å². The standard InChI is InChI=1S/C21H31N3O3/c1-4-6-11-23-15-24(20(25)18-14-16(3)7-8-19(18)23)17-9-12-22(13-10-17)21(26)27-5-2/h7-8,14,17H,4-6,9-13,15H2,1-3H3. The number of likely N-dealkylation sites (tertiary alicyclic amines) is 1. The molecular formula is C21H31N3O3. The Morgan fingerprint density at radius 3 is 2.63 bits per heavy atom. The molecule has 6 nitrogen and oxygen atoms in total. The van der Waals surface area contributed by atoms with E-state index in [-0.39, 0.29) is 18.0 Å². The van der Waals surface area contributed by atoms with Gasteiger partial charge in [-0.2, -0.15) is 0 Å². The molecule has 0 unspecified atom stereocenters. The van der Waals surface area contributed by atoms with E-state index in [0.29, 0.717) is 26.4 Å². The smallest absolute Gasteiger partial charge is 0.409 e. The summed E-state index contributed by atoms with van der Waals surface area (Å²) < 4.78 is 5.10. The molecule has 0 radical (unpaired) electrons. The maximum atomic E-state index is 13.2. The number of amides is 2. The van der Waals surface area contributed by atoms with Crippen molar-refractivity contribution in [2.24, 2.45) is 0 Å². The van der Waals surface area contributed by atoms with Crippen molar-refractivity contribution >= 4 is 17.7 Å². The second-order valence-corrected chi connectivity index (χ2v) is 7.47. The zero-order valence-electron chi connectivity index (χ0n) is 16.7. The highest BCUT2D eigenvalue weighted by molar-refractivity contribution is 6.02. The minimum absolute atomic E-state index is 0.121. The zero-order valence-corrected chi connectivity index (χ0v) is 16.7. The molecule has 2 aliphatic rings. The van der Waals surface area contributed by atoms with Crippen LogP contribution in [0.25, 0.3) is 0 Å². The monoisotopic (exact) mass is 373 g/mol. The molecule has 2 amide bonds. The lowest BCUT2D eigenvalue weighted by Crippen LogP contribution is -2.55. The summed E-state index contributed by atoms with van der Waals surface area (Å²) in [5, 5.41) is 0. The molecule has 0 saturated carbocycles.